The Morgan fingerprint density at radius 1 is 1.18 bits per heavy atom. The summed E-state index contributed by atoms with van der Waals surface area (Å²) in [7, 11) is -4.11. The minimum atomic E-state index is -4.11. The Morgan fingerprint density at radius 2 is 1.93 bits per heavy atom. The smallest absolute Gasteiger partial charge is 0.262 e. The molecule has 1 saturated heterocycles. The van der Waals surface area contributed by atoms with Crippen molar-refractivity contribution in [2.45, 2.75) is 11.0 Å². The molecular weight excluding hydrogens is 389 g/mol. The first kappa shape index (κ1) is 19.8. The molecule has 10 heteroatoms. The third kappa shape index (κ3) is 4.29. The summed E-state index contributed by atoms with van der Waals surface area (Å²) >= 11 is 0. The number of ether oxygens (including phenoxy) is 1. The minimum absolute atomic E-state index is 0.0153. The number of benzene rings is 2. The van der Waals surface area contributed by atoms with Gasteiger partial charge in [-0.25, -0.2) is 12.8 Å². The summed E-state index contributed by atoms with van der Waals surface area (Å²) in [4.78, 5) is 25.2. The van der Waals surface area contributed by atoms with Gasteiger partial charge < -0.3 is 15.4 Å². The van der Waals surface area contributed by atoms with E-state index < -0.39 is 33.8 Å². The van der Waals surface area contributed by atoms with Gasteiger partial charge in [-0.1, -0.05) is 18.2 Å². The standard InChI is InChI=1S/C18H18FN3O5S/c19-14-6-1-2-7-15(14)21-28(25,26)13-5-3-4-12(10-13)18(24)22-8-9-27-16(11-22)17(20)23/h1-7,10,16,21H,8-9,11H2,(H2,20,23). The van der Waals surface area contributed by atoms with Crippen molar-refractivity contribution in [1.29, 1.82) is 0 Å². The molecule has 148 valence electrons. The molecule has 1 atom stereocenters. The van der Waals surface area contributed by atoms with Crippen LogP contribution >= 0.6 is 0 Å². The van der Waals surface area contributed by atoms with Crippen LogP contribution in [0.2, 0.25) is 0 Å². The highest BCUT2D eigenvalue weighted by Crippen LogP contribution is 2.20. The number of sulfonamides is 1. The van der Waals surface area contributed by atoms with Crippen molar-refractivity contribution in [2.24, 2.45) is 5.73 Å². The summed E-state index contributed by atoms with van der Waals surface area (Å²) < 4.78 is 46.2. The number of halogens is 1. The van der Waals surface area contributed by atoms with Gasteiger partial charge in [-0.3, -0.25) is 14.3 Å². The lowest BCUT2D eigenvalue weighted by molar-refractivity contribution is -0.133. The fraction of sp³-hybridized carbons (Fsp3) is 0.222. The number of para-hydroxylation sites is 1. The molecule has 8 nitrogen and oxygen atoms in total. The number of nitrogens with zero attached hydrogens (tertiary/aromatic N) is 1. The first-order valence-electron chi connectivity index (χ1n) is 8.35. The van der Waals surface area contributed by atoms with Crippen molar-refractivity contribution in [2.75, 3.05) is 24.4 Å². The van der Waals surface area contributed by atoms with E-state index >= 15 is 0 Å². The molecule has 3 N–H and O–H groups in total. The summed E-state index contributed by atoms with van der Waals surface area (Å²) in [6.07, 6.45) is -0.910. The molecule has 1 aliphatic rings. The molecule has 0 aromatic heterocycles. The maximum atomic E-state index is 13.8. The van der Waals surface area contributed by atoms with E-state index in [1.54, 1.807) is 0 Å². The number of nitrogens with one attached hydrogen (secondary N) is 1. The Kier molecular flexibility index (Phi) is 5.61. The quantitative estimate of drug-likeness (QED) is 0.765. The van der Waals surface area contributed by atoms with Gasteiger partial charge in [0.15, 0.2) is 6.10 Å². The molecule has 0 saturated carbocycles. The van der Waals surface area contributed by atoms with Crippen LogP contribution in [0, 0.1) is 5.82 Å². The van der Waals surface area contributed by atoms with Gasteiger partial charge in [0, 0.05) is 12.1 Å². The first-order valence-corrected chi connectivity index (χ1v) is 9.84. The van der Waals surface area contributed by atoms with Gasteiger partial charge in [0.1, 0.15) is 5.82 Å². The second-order valence-corrected chi connectivity index (χ2v) is 7.81. The van der Waals surface area contributed by atoms with Crippen molar-refractivity contribution in [3.63, 3.8) is 0 Å². The molecule has 3 rings (SSSR count). The highest BCUT2D eigenvalue weighted by Gasteiger charge is 2.29. The SMILES string of the molecule is NC(=O)C1CN(C(=O)c2cccc(S(=O)(=O)Nc3ccccc3F)c2)CCO1. The second-order valence-electron chi connectivity index (χ2n) is 6.13. The summed E-state index contributed by atoms with van der Waals surface area (Å²) in [6.45, 7) is 0.373. The molecule has 1 aliphatic heterocycles. The number of carbonyl (C=O) groups excluding carboxylic acids is 2. The van der Waals surface area contributed by atoms with Crippen LogP contribution in [-0.2, 0) is 19.6 Å². The zero-order chi connectivity index (χ0) is 20.3. The lowest BCUT2D eigenvalue weighted by atomic mass is 10.1. The van der Waals surface area contributed by atoms with Gasteiger partial charge >= 0.3 is 0 Å². The van der Waals surface area contributed by atoms with Gasteiger partial charge in [-0.2, -0.15) is 0 Å². The van der Waals surface area contributed by atoms with Crippen LogP contribution in [0.5, 0.6) is 0 Å². The number of hydrogen-bond acceptors (Lipinski definition) is 5. The molecule has 28 heavy (non-hydrogen) atoms. The average Bonchev–Trinajstić information content (AvgIpc) is 2.69. The maximum Gasteiger partial charge on any atom is 0.262 e. The number of anilines is 1. The zero-order valence-electron chi connectivity index (χ0n) is 14.7. The minimum Gasteiger partial charge on any atom is -0.367 e. The van der Waals surface area contributed by atoms with E-state index in [2.05, 4.69) is 4.72 Å². The summed E-state index contributed by atoms with van der Waals surface area (Å²) in [5.74, 6) is -1.86. The van der Waals surface area contributed by atoms with Crippen LogP contribution in [0.15, 0.2) is 53.4 Å². The Labute approximate surface area is 161 Å². The molecule has 0 aliphatic carbocycles. The molecule has 2 amide bonds. The molecular formula is C18H18FN3O5S. The molecule has 2 aromatic rings. The van der Waals surface area contributed by atoms with Gasteiger partial charge in [0.2, 0.25) is 5.91 Å². The van der Waals surface area contributed by atoms with Crippen LogP contribution in [0.25, 0.3) is 0 Å². The molecule has 2 aromatic carbocycles. The molecule has 1 unspecified atom stereocenters. The van der Waals surface area contributed by atoms with E-state index in [1.165, 1.54) is 47.4 Å². The van der Waals surface area contributed by atoms with E-state index in [0.717, 1.165) is 6.07 Å². The second kappa shape index (κ2) is 7.95. The number of rotatable bonds is 5. The molecule has 0 bridgehead atoms. The topological polar surface area (TPSA) is 119 Å². The van der Waals surface area contributed by atoms with E-state index in [1.807, 2.05) is 0 Å². The van der Waals surface area contributed by atoms with Crippen molar-refractivity contribution in [3.8, 4) is 0 Å². The first-order chi connectivity index (χ1) is 13.3. The van der Waals surface area contributed by atoms with Crippen molar-refractivity contribution in [3.05, 3.63) is 59.9 Å². The highest BCUT2D eigenvalue weighted by molar-refractivity contribution is 7.92. The highest BCUT2D eigenvalue weighted by atomic mass is 32.2. The fourth-order valence-corrected chi connectivity index (χ4v) is 3.85. The summed E-state index contributed by atoms with van der Waals surface area (Å²) in [6, 6.07) is 10.7. The normalized spacial score (nSPS) is 17.2. The Balaban J connectivity index is 1.82. The molecule has 0 radical (unpaired) electrons. The van der Waals surface area contributed by atoms with E-state index in [0.29, 0.717) is 0 Å². The third-order valence-electron chi connectivity index (χ3n) is 4.18. The lowest BCUT2D eigenvalue weighted by Gasteiger charge is -2.31. The van der Waals surface area contributed by atoms with Crippen molar-refractivity contribution < 1.29 is 27.1 Å². The number of nitrogens with two attached hydrogens (primary N) is 1. The maximum absolute atomic E-state index is 13.8. The monoisotopic (exact) mass is 407 g/mol. The summed E-state index contributed by atoms with van der Waals surface area (Å²) in [5, 5.41) is 0. The van der Waals surface area contributed by atoms with Gasteiger partial charge in [-0.05, 0) is 30.3 Å². The third-order valence-corrected chi connectivity index (χ3v) is 5.54. The largest absolute Gasteiger partial charge is 0.367 e. The number of hydrogen-bond donors (Lipinski definition) is 2. The lowest BCUT2D eigenvalue weighted by Crippen LogP contribution is -2.50. The van der Waals surface area contributed by atoms with Crippen LogP contribution in [0.3, 0.4) is 0 Å². The van der Waals surface area contributed by atoms with Crippen LogP contribution in [0.4, 0.5) is 10.1 Å². The van der Waals surface area contributed by atoms with E-state index in [-0.39, 0.29) is 35.8 Å². The van der Waals surface area contributed by atoms with Crippen LogP contribution < -0.4 is 10.5 Å². The zero-order valence-corrected chi connectivity index (χ0v) is 15.5. The molecule has 1 heterocycles. The predicted octanol–water partition coefficient (Wildman–Crippen LogP) is 0.953. The van der Waals surface area contributed by atoms with E-state index in [4.69, 9.17) is 10.5 Å². The van der Waals surface area contributed by atoms with E-state index in [9.17, 15) is 22.4 Å². The van der Waals surface area contributed by atoms with Gasteiger partial charge in [0.25, 0.3) is 15.9 Å². The number of morpholine rings is 1. The number of amides is 2. The van der Waals surface area contributed by atoms with Gasteiger partial charge in [0.05, 0.1) is 23.7 Å². The van der Waals surface area contributed by atoms with Gasteiger partial charge in [-0.15, -0.1) is 0 Å². The predicted molar refractivity (Wildman–Crippen MR) is 98.5 cm³/mol. The Hall–Kier alpha value is -2.98. The van der Waals surface area contributed by atoms with Crippen molar-refractivity contribution in [1.82, 2.24) is 4.90 Å². The number of carbonyl (C=O) groups is 2. The van der Waals surface area contributed by atoms with Crippen LogP contribution in [0.1, 0.15) is 10.4 Å². The number of primary amides is 1. The Bertz CT molecular complexity index is 1010. The fourth-order valence-electron chi connectivity index (χ4n) is 2.73. The van der Waals surface area contributed by atoms with Crippen LogP contribution in [-0.4, -0.2) is 50.9 Å². The molecule has 1 fully saturated rings. The van der Waals surface area contributed by atoms with Crippen molar-refractivity contribution >= 4 is 27.5 Å². The Morgan fingerprint density at radius 3 is 2.64 bits per heavy atom. The summed E-state index contributed by atoms with van der Waals surface area (Å²) in [5.41, 5.74) is 5.13. The molecule has 0 spiro atoms. The average molecular weight is 407 g/mol.